The Morgan fingerprint density at radius 2 is 1.93 bits per heavy atom. The van der Waals surface area contributed by atoms with Crippen molar-refractivity contribution in [1.82, 2.24) is 0 Å². The van der Waals surface area contributed by atoms with Crippen molar-refractivity contribution in [2.24, 2.45) is 0 Å². The highest BCUT2D eigenvalue weighted by molar-refractivity contribution is 6.30. The Hall–Kier alpha value is -1.29. The van der Waals surface area contributed by atoms with Crippen molar-refractivity contribution in [3.8, 4) is 0 Å². The quantitative estimate of drug-likeness (QED) is 0.589. The van der Waals surface area contributed by atoms with E-state index in [0.29, 0.717) is 5.02 Å². The third kappa shape index (κ3) is 3.40. The smallest absolute Gasteiger partial charge is 0.294 e. The average Bonchev–Trinajstić information content (AvgIpc) is 2.16. The Bertz CT molecular complexity index is 348. The van der Waals surface area contributed by atoms with Gasteiger partial charge in [0.15, 0.2) is 0 Å². The van der Waals surface area contributed by atoms with E-state index in [1.165, 1.54) is 0 Å². The lowest BCUT2D eigenvalue weighted by molar-refractivity contribution is -0.759. The van der Waals surface area contributed by atoms with Crippen LogP contribution >= 0.6 is 11.6 Å². The van der Waals surface area contributed by atoms with Crippen LogP contribution < -0.4 is 0 Å². The van der Waals surface area contributed by atoms with Crippen LogP contribution in [0.5, 0.6) is 0 Å². The van der Waals surface area contributed by atoms with Crippen LogP contribution in [0.1, 0.15) is 19.4 Å². The summed E-state index contributed by atoms with van der Waals surface area (Å²) in [5, 5.41) is 9.96. The van der Waals surface area contributed by atoms with E-state index in [9.17, 15) is 10.1 Å². The third-order valence-electron chi connectivity index (χ3n) is 2.16. The molecule has 4 nitrogen and oxygen atoms in total. The molecule has 0 fully saturated rings. The molecule has 0 bridgehead atoms. The summed E-state index contributed by atoms with van der Waals surface area (Å²) < 4.78 is 0. The normalized spacial score (nSPS) is 11.1. The molecular weight excluding hydrogens is 218 g/mol. The van der Waals surface area contributed by atoms with E-state index in [1.54, 1.807) is 12.1 Å². The topological polar surface area (TPSA) is 52.4 Å². The molecule has 5 heteroatoms. The van der Waals surface area contributed by atoms with Crippen LogP contribution in [0.25, 0.3) is 0 Å². The van der Waals surface area contributed by atoms with Gasteiger partial charge in [0.25, 0.3) is 5.09 Å². The molecule has 0 aliphatic heterocycles. The van der Waals surface area contributed by atoms with E-state index < -0.39 is 10.5 Å². The summed E-state index contributed by atoms with van der Waals surface area (Å²) in [6.45, 7) is 3.78. The van der Waals surface area contributed by atoms with Gasteiger partial charge in [0, 0.05) is 10.4 Å². The third-order valence-corrected chi connectivity index (χ3v) is 2.41. The molecule has 1 aromatic carbocycles. The molecule has 0 amide bonds. The van der Waals surface area contributed by atoms with E-state index in [-0.39, 0.29) is 6.61 Å². The summed E-state index contributed by atoms with van der Waals surface area (Å²) in [7, 11) is 0. The average molecular weight is 230 g/mol. The molecule has 0 saturated carbocycles. The first-order chi connectivity index (χ1) is 6.92. The van der Waals surface area contributed by atoms with Crippen molar-refractivity contribution in [2.75, 3.05) is 6.61 Å². The highest BCUT2D eigenvalue weighted by Crippen LogP contribution is 2.24. The van der Waals surface area contributed by atoms with E-state index in [2.05, 4.69) is 4.84 Å². The minimum absolute atomic E-state index is 0.0294. The first kappa shape index (κ1) is 11.8. The molecule has 1 aromatic rings. The Labute approximate surface area is 92.9 Å². The summed E-state index contributed by atoms with van der Waals surface area (Å²) in [4.78, 5) is 14.5. The maximum atomic E-state index is 10.1. The first-order valence-corrected chi connectivity index (χ1v) is 4.83. The Kier molecular flexibility index (Phi) is 3.52. The zero-order chi connectivity index (χ0) is 11.5. The molecule has 1 rings (SSSR count). The molecule has 0 spiro atoms. The lowest BCUT2D eigenvalue weighted by Crippen LogP contribution is -2.25. The molecule has 0 atom stereocenters. The summed E-state index contributed by atoms with van der Waals surface area (Å²) in [5.74, 6) is 0. The van der Waals surface area contributed by atoms with Gasteiger partial charge in [0.1, 0.15) is 6.61 Å². The van der Waals surface area contributed by atoms with Crippen LogP contribution in [0.15, 0.2) is 24.3 Å². The summed E-state index contributed by atoms with van der Waals surface area (Å²) in [6, 6.07) is 7.19. The van der Waals surface area contributed by atoms with Crippen molar-refractivity contribution < 1.29 is 9.92 Å². The van der Waals surface area contributed by atoms with E-state index in [1.807, 2.05) is 26.0 Å². The van der Waals surface area contributed by atoms with Crippen molar-refractivity contribution >= 4 is 11.6 Å². The highest BCUT2D eigenvalue weighted by atomic mass is 35.5. The van der Waals surface area contributed by atoms with Crippen LogP contribution in [0, 0.1) is 10.1 Å². The number of halogens is 1. The van der Waals surface area contributed by atoms with E-state index in [4.69, 9.17) is 11.6 Å². The van der Waals surface area contributed by atoms with Crippen LogP contribution in [-0.2, 0) is 10.3 Å². The fourth-order valence-electron chi connectivity index (χ4n) is 1.20. The van der Waals surface area contributed by atoms with Crippen molar-refractivity contribution in [2.45, 2.75) is 19.3 Å². The van der Waals surface area contributed by atoms with E-state index in [0.717, 1.165) is 5.56 Å². The van der Waals surface area contributed by atoms with Gasteiger partial charge >= 0.3 is 0 Å². The Morgan fingerprint density at radius 1 is 1.40 bits per heavy atom. The van der Waals surface area contributed by atoms with Crippen LogP contribution in [0.2, 0.25) is 5.02 Å². The molecule has 0 N–H and O–H groups in total. The monoisotopic (exact) mass is 229 g/mol. The SMILES string of the molecule is CC(C)(CO[N+](=O)[O-])c1ccc(Cl)cc1. The maximum Gasteiger partial charge on any atom is 0.294 e. The van der Waals surface area contributed by atoms with Crippen molar-refractivity contribution in [3.63, 3.8) is 0 Å². The number of hydrogen-bond donors (Lipinski definition) is 0. The molecule has 15 heavy (non-hydrogen) atoms. The van der Waals surface area contributed by atoms with Gasteiger partial charge in [-0.3, -0.25) is 0 Å². The molecule has 0 radical (unpaired) electrons. The molecule has 0 unspecified atom stereocenters. The second kappa shape index (κ2) is 4.49. The second-order valence-corrected chi connectivity index (χ2v) is 4.32. The second-order valence-electron chi connectivity index (χ2n) is 3.89. The van der Waals surface area contributed by atoms with Crippen LogP contribution in [0.4, 0.5) is 0 Å². The van der Waals surface area contributed by atoms with Gasteiger partial charge in [-0.05, 0) is 17.7 Å². The number of benzene rings is 1. The van der Waals surface area contributed by atoms with Crippen LogP contribution in [-0.4, -0.2) is 11.7 Å². The largest absolute Gasteiger partial charge is 0.313 e. The number of rotatable bonds is 4. The fourth-order valence-corrected chi connectivity index (χ4v) is 1.32. The highest BCUT2D eigenvalue weighted by Gasteiger charge is 2.22. The van der Waals surface area contributed by atoms with Gasteiger partial charge in [-0.2, -0.15) is 0 Å². The summed E-state index contributed by atoms with van der Waals surface area (Å²) in [6.07, 6.45) is 0. The fraction of sp³-hybridized carbons (Fsp3) is 0.400. The molecule has 0 aliphatic carbocycles. The van der Waals surface area contributed by atoms with Crippen LogP contribution in [0.3, 0.4) is 0 Å². The zero-order valence-corrected chi connectivity index (χ0v) is 9.32. The predicted molar refractivity (Wildman–Crippen MR) is 57.4 cm³/mol. The molecule has 0 heterocycles. The molecule has 82 valence electrons. The van der Waals surface area contributed by atoms with Gasteiger partial charge in [-0.1, -0.05) is 37.6 Å². The van der Waals surface area contributed by atoms with Gasteiger partial charge < -0.3 is 4.84 Å². The predicted octanol–water partition coefficient (Wildman–Crippen LogP) is 2.83. The summed E-state index contributed by atoms with van der Waals surface area (Å²) in [5.41, 5.74) is 0.547. The van der Waals surface area contributed by atoms with Crippen molar-refractivity contribution in [3.05, 3.63) is 45.0 Å². The lowest BCUT2D eigenvalue weighted by atomic mass is 9.86. The molecule has 0 aromatic heterocycles. The lowest BCUT2D eigenvalue weighted by Gasteiger charge is -2.23. The number of nitrogens with zero attached hydrogens (tertiary/aromatic N) is 1. The minimum Gasteiger partial charge on any atom is -0.313 e. The van der Waals surface area contributed by atoms with Gasteiger partial charge in [0.05, 0.1) is 0 Å². The zero-order valence-electron chi connectivity index (χ0n) is 8.57. The van der Waals surface area contributed by atoms with Gasteiger partial charge in [0.2, 0.25) is 0 Å². The number of hydrogen-bond acceptors (Lipinski definition) is 3. The maximum absolute atomic E-state index is 10.1. The standard InChI is InChI=1S/C10H12ClNO3/c1-10(2,7-15-12(13)14)8-3-5-9(11)6-4-8/h3-6H,7H2,1-2H3. The Balaban J connectivity index is 2.76. The van der Waals surface area contributed by atoms with Crippen molar-refractivity contribution in [1.29, 1.82) is 0 Å². The molecule has 0 saturated heterocycles. The van der Waals surface area contributed by atoms with Gasteiger partial charge in [-0.25, -0.2) is 0 Å². The summed E-state index contributed by atoms with van der Waals surface area (Å²) >= 11 is 5.75. The van der Waals surface area contributed by atoms with E-state index >= 15 is 0 Å². The molecule has 0 aliphatic rings. The van der Waals surface area contributed by atoms with Gasteiger partial charge in [-0.15, -0.1) is 10.1 Å². The molecular formula is C10H12ClNO3. The first-order valence-electron chi connectivity index (χ1n) is 4.45. The Morgan fingerprint density at radius 3 is 2.40 bits per heavy atom. The minimum atomic E-state index is -0.780.